The predicted octanol–water partition coefficient (Wildman–Crippen LogP) is 6.07. The highest BCUT2D eigenvalue weighted by Gasteiger charge is 2.11. The summed E-state index contributed by atoms with van der Waals surface area (Å²) < 4.78 is 0. The van der Waals surface area contributed by atoms with Gasteiger partial charge in [-0.25, -0.2) is 9.97 Å². The van der Waals surface area contributed by atoms with E-state index in [0.717, 1.165) is 27.0 Å². The van der Waals surface area contributed by atoms with Crippen LogP contribution in [0.15, 0.2) is 70.2 Å². The maximum absolute atomic E-state index is 11.2. The highest BCUT2D eigenvalue weighted by Crippen LogP contribution is 2.37. The Hall–Kier alpha value is -3.23. The third-order valence-electron chi connectivity index (χ3n) is 4.45. The minimum atomic E-state index is -0.0697. The topological polar surface area (TPSA) is 79.8 Å². The van der Waals surface area contributed by atoms with Gasteiger partial charge in [-0.1, -0.05) is 11.8 Å². The Kier molecular flexibility index (Phi) is 6.29. The van der Waals surface area contributed by atoms with Crippen molar-refractivity contribution in [3.8, 4) is 11.3 Å². The van der Waals surface area contributed by atoms with E-state index in [-0.39, 0.29) is 5.91 Å². The molecular weight excluding hydrogens is 426 g/mol. The first-order valence-electron chi connectivity index (χ1n) is 9.63. The summed E-state index contributed by atoms with van der Waals surface area (Å²) >= 11 is 3.26. The van der Waals surface area contributed by atoms with E-state index in [0.29, 0.717) is 5.82 Å². The van der Waals surface area contributed by atoms with Gasteiger partial charge in [-0.05, 0) is 61.4 Å². The SMILES string of the molecule is CC(=O)Nc1ccc(Sc2c(C)cc(-c3csc(Nc4cnccn4)n3)cc2C)cc1. The van der Waals surface area contributed by atoms with Gasteiger partial charge in [0.2, 0.25) is 5.91 Å². The van der Waals surface area contributed by atoms with Crippen LogP contribution in [0.3, 0.4) is 0 Å². The number of hydrogen-bond acceptors (Lipinski definition) is 7. The highest BCUT2D eigenvalue weighted by atomic mass is 32.2. The molecule has 2 aromatic carbocycles. The summed E-state index contributed by atoms with van der Waals surface area (Å²) in [5.74, 6) is 0.604. The number of benzene rings is 2. The normalized spacial score (nSPS) is 10.7. The first-order valence-corrected chi connectivity index (χ1v) is 11.3. The van der Waals surface area contributed by atoms with E-state index in [2.05, 4.69) is 46.6 Å². The van der Waals surface area contributed by atoms with Crippen LogP contribution in [-0.2, 0) is 4.79 Å². The summed E-state index contributed by atoms with van der Waals surface area (Å²) in [6.07, 6.45) is 4.96. The molecular formula is C23H21N5OS2. The number of anilines is 3. The zero-order valence-electron chi connectivity index (χ0n) is 17.3. The largest absolute Gasteiger partial charge is 0.326 e. The molecule has 2 aromatic heterocycles. The standard InChI is InChI=1S/C23H21N5OS2/c1-14-10-17(20-13-30-23(27-20)28-21-12-24-8-9-25-21)11-15(2)22(14)31-19-6-4-18(5-7-19)26-16(3)29/h4-13H,1-3H3,(H,26,29)(H,25,27,28). The minimum Gasteiger partial charge on any atom is -0.326 e. The number of hydrogen-bond donors (Lipinski definition) is 2. The fourth-order valence-corrected chi connectivity index (χ4v) is 4.80. The Morgan fingerprint density at radius 3 is 2.45 bits per heavy atom. The van der Waals surface area contributed by atoms with Gasteiger partial charge in [0.15, 0.2) is 10.9 Å². The molecule has 156 valence electrons. The molecule has 2 heterocycles. The van der Waals surface area contributed by atoms with Crippen LogP contribution in [0.25, 0.3) is 11.3 Å². The third kappa shape index (κ3) is 5.28. The molecule has 0 aliphatic carbocycles. The number of carbonyl (C=O) groups excluding carboxylic acids is 1. The minimum absolute atomic E-state index is 0.0697. The molecule has 8 heteroatoms. The van der Waals surface area contributed by atoms with Crippen molar-refractivity contribution < 1.29 is 4.79 Å². The van der Waals surface area contributed by atoms with Crippen molar-refractivity contribution in [2.45, 2.75) is 30.6 Å². The van der Waals surface area contributed by atoms with Crippen LogP contribution in [0.5, 0.6) is 0 Å². The molecule has 0 aliphatic heterocycles. The molecule has 0 fully saturated rings. The Balaban J connectivity index is 1.51. The van der Waals surface area contributed by atoms with Crippen molar-refractivity contribution in [1.29, 1.82) is 0 Å². The van der Waals surface area contributed by atoms with Crippen molar-refractivity contribution in [2.24, 2.45) is 0 Å². The summed E-state index contributed by atoms with van der Waals surface area (Å²) in [7, 11) is 0. The molecule has 0 saturated heterocycles. The molecule has 2 N–H and O–H groups in total. The van der Waals surface area contributed by atoms with Crippen LogP contribution in [0.4, 0.5) is 16.6 Å². The lowest BCUT2D eigenvalue weighted by molar-refractivity contribution is -0.114. The quantitative estimate of drug-likeness (QED) is 0.373. The second-order valence-electron chi connectivity index (χ2n) is 7.00. The molecule has 1 amide bonds. The Morgan fingerprint density at radius 2 is 1.81 bits per heavy atom. The van der Waals surface area contributed by atoms with Gasteiger partial charge >= 0.3 is 0 Å². The highest BCUT2D eigenvalue weighted by molar-refractivity contribution is 7.99. The summed E-state index contributed by atoms with van der Waals surface area (Å²) in [6, 6.07) is 12.2. The number of aryl methyl sites for hydroxylation is 2. The van der Waals surface area contributed by atoms with Crippen molar-refractivity contribution in [3.63, 3.8) is 0 Å². The van der Waals surface area contributed by atoms with E-state index >= 15 is 0 Å². The van der Waals surface area contributed by atoms with Gasteiger partial charge in [-0.2, -0.15) is 0 Å². The van der Waals surface area contributed by atoms with Gasteiger partial charge in [0, 0.05) is 45.7 Å². The van der Waals surface area contributed by atoms with Gasteiger partial charge < -0.3 is 10.6 Å². The number of aromatic nitrogens is 3. The van der Waals surface area contributed by atoms with Crippen LogP contribution in [0, 0.1) is 13.8 Å². The van der Waals surface area contributed by atoms with E-state index in [1.807, 2.05) is 29.6 Å². The average molecular weight is 448 g/mol. The first-order chi connectivity index (χ1) is 15.0. The smallest absolute Gasteiger partial charge is 0.221 e. The maximum Gasteiger partial charge on any atom is 0.221 e. The van der Waals surface area contributed by atoms with E-state index in [1.165, 1.54) is 34.3 Å². The summed E-state index contributed by atoms with van der Waals surface area (Å²) in [6.45, 7) is 5.75. The number of nitrogens with one attached hydrogen (secondary N) is 2. The zero-order valence-corrected chi connectivity index (χ0v) is 19.0. The van der Waals surface area contributed by atoms with Crippen LogP contribution in [0.2, 0.25) is 0 Å². The van der Waals surface area contributed by atoms with Crippen LogP contribution in [0.1, 0.15) is 18.1 Å². The van der Waals surface area contributed by atoms with Crippen LogP contribution >= 0.6 is 23.1 Å². The summed E-state index contributed by atoms with van der Waals surface area (Å²) in [4.78, 5) is 26.5. The molecule has 31 heavy (non-hydrogen) atoms. The van der Waals surface area contributed by atoms with Crippen molar-refractivity contribution in [2.75, 3.05) is 10.6 Å². The Labute approximate surface area is 189 Å². The maximum atomic E-state index is 11.2. The van der Waals surface area contributed by atoms with Gasteiger partial charge in [0.25, 0.3) is 0 Å². The summed E-state index contributed by atoms with van der Waals surface area (Å²) in [5.41, 5.74) is 5.21. The van der Waals surface area contributed by atoms with E-state index in [1.54, 1.807) is 30.4 Å². The van der Waals surface area contributed by atoms with Crippen molar-refractivity contribution in [3.05, 3.63) is 71.5 Å². The number of thiazole rings is 1. The lowest BCUT2D eigenvalue weighted by Gasteiger charge is -2.12. The van der Waals surface area contributed by atoms with Gasteiger partial charge in [0.05, 0.1) is 11.9 Å². The van der Waals surface area contributed by atoms with E-state index in [9.17, 15) is 4.79 Å². The van der Waals surface area contributed by atoms with Crippen LogP contribution in [-0.4, -0.2) is 20.9 Å². The number of rotatable bonds is 6. The molecule has 0 saturated carbocycles. The first kappa shape index (κ1) is 21.0. The third-order valence-corrected chi connectivity index (χ3v) is 6.57. The van der Waals surface area contributed by atoms with Crippen molar-refractivity contribution >= 4 is 45.6 Å². The second-order valence-corrected chi connectivity index (χ2v) is 8.94. The average Bonchev–Trinajstić information content (AvgIpc) is 3.20. The molecule has 0 aliphatic rings. The monoisotopic (exact) mass is 447 g/mol. The van der Waals surface area contributed by atoms with Crippen molar-refractivity contribution in [1.82, 2.24) is 15.0 Å². The molecule has 0 spiro atoms. The van der Waals surface area contributed by atoms with Crippen LogP contribution < -0.4 is 10.6 Å². The summed E-state index contributed by atoms with van der Waals surface area (Å²) in [5, 5.41) is 8.81. The molecule has 0 atom stereocenters. The van der Waals surface area contributed by atoms with Gasteiger partial charge in [-0.3, -0.25) is 9.78 Å². The molecule has 4 rings (SSSR count). The lowest BCUT2D eigenvalue weighted by Crippen LogP contribution is -2.05. The van der Waals surface area contributed by atoms with Gasteiger partial charge in [0.1, 0.15) is 0 Å². The molecule has 0 bridgehead atoms. The van der Waals surface area contributed by atoms with E-state index < -0.39 is 0 Å². The van der Waals surface area contributed by atoms with E-state index in [4.69, 9.17) is 4.98 Å². The Morgan fingerprint density at radius 1 is 1.06 bits per heavy atom. The number of carbonyl (C=O) groups is 1. The number of amides is 1. The van der Waals surface area contributed by atoms with Gasteiger partial charge in [-0.15, -0.1) is 11.3 Å². The number of nitrogens with zero attached hydrogens (tertiary/aromatic N) is 3. The molecule has 0 unspecified atom stereocenters. The lowest BCUT2D eigenvalue weighted by atomic mass is 10.1. The molecule has 0 radical (unpaired) electrons. The predicted molar refractivity (Wildman–Crippen MR) is 127 cm³/mol. The Bertz CT molecular complexity index is 1180. The zero-order chi connectivity index (χ0) is 21.8. The fraction of sp³-hybridized carbons (Fsp3) is 0.130. The second kappa shape index (κ2) is 9.28. The molecule has 6 nitrogen and oxygen atoms in total. The fourth-order valence-electron chi connectivity index (χ4n) is 3.12. The molecule has 4 aromatic rings.